The second-order valence-electron chi connectivity index (χ2n) is 6.92. The summed E-state index contributed by atoms with van der Waals surface area (Å²) in [6, 6.07) is 10.0. The van der Waals surface area contributed by atoms with Gasteiger partial charge in [-0.25, -0.2) is 0 Å². The molecule has 0 spiro atoms. The second kappa shape index (κ2) is 7.77. The molecule has 0 aromatic heterocycles. The Hall–Kier alpha value is -1.91. The highest BCUT2D eigenvalue weighted by atomic mass is 32.2. The van der Waals surface area contributed by atoms with E-state index < -0.39 is 10.1 Å². The lowest BCUT2D eigenvalue weighted by Crippen LogP contribution is -2.06. The van der Waals surface area contributed by atoms with Crippen molar-refractivity contribution in [3.8, 4) is 0 Å². The van der Waals surface area contributed by atoms with Crippen LogP contribution in [-0.4, -0.2) is 13.0 Å². The molecule has 0 saturated carbocycles. The van der Waals surface area contributed by atoms with E-state index in [1.165, 1.54) is 0 Å². The first-order valence-corrected chi connectivity index (χ1v) is 10.8. The van der Waals surface area contributed by atoms with Gasteiger partial charge in [-0.1, -0.05) is 57.0 Å². The zero-order valence-corrected chi connectivity index (χ0v) is 16.3. The molecule has 1 aromatic rings. The van der Waals surface area contributed by atoms with E-state index >= 15 is 0 Å². The van der Waals surface area contributed by atoms with Crippen LogP contribution < -0.4 is 0 Å². The molecule has 1 N–H and O–H groups in total. The van der Waals surface area contributed by atoms with Gasteiger partial charge in [-0.3, -0.25) is 4.55 Å². The molecule has 26 heavy (non-hydrogen) atoms. The van der Waals surface area contributed by atoms with Crippen LogP contribution in [0.15, 0.2) is 69.7 Å². The van der Waals surface area contributed by atoms with Crippen LogP contribution >= 0.6 is 0 Å². The van der Waals surface area contributed by atoms with Gasteiger partial charge in [0.25, 0.3) is 10.1 Å². The fourth-order valence-corrected chi connectivity index (χ4v) is 4.71. The Morgan fingerprint density at radius 3 is 2.00 bits per heavy atom. The van der Waals surface area contributed by atoms with Crippen LogP contribution in [0.1, 0.15) is 57.9 Å². The Kier molecular flexibility index (Phi) is 5.64. The summed E-state index contributed by atoms with van der Waals surface area (Å²) in [4.78, 5) is 0.134. The zero-order valence-electron chi connectivity index (χ0n) is 15.5. The smallest absolute Gasteiger partial charge is 0.282 e. The molecule has 4 heteroatoms. The summed E-state index contributed by atoms with van der Waals surface area (Å²) in [5.41, 5.74) is 5.58. The van der Waals surface area contributed by atoms with Crippen LogP contribution in [0.3, 0.4) is 0 Å². The maximum Gasteiger partial charge on any atom is 0.295 e. The Bertz CT molecular complexity index is 913. The number of allylic oxidation sites excluding steroid dienone is 7. The van der Waals surface area contributed by atoms with E-state index in [4.69, 9.17) is 0 Å². The van der Waals surface area contributed by atoms with Gasteiger partial charge in [0.15, 0.2) is 0 Å². The van der Waals surface area contributed by atoms with Crippen molar-refractivity contribution in [1.82, 2.24) is 0 Å². The SMILES string of the molecule is CCCCC1=C2C(=CC(CCCC)=C2S(=O)(=O)O)C(c2ccccc2)=C1. The Balaban J connectivity index is 2.12. The van der Waals surface area contributed by atoms with Crippen molar-refractivity contribution >= 4 is 15.7 Å². The van der Waals surface area contributed by atoms with E-state index in [0.29, 0.717) is 6.42 Å². The van der Waals surface area contributed by atoms with Crippen LogP contribution in [0, 0.1) is 0 Å². The Morgan fingerprint density at radius 1 is 0.846 bits per heavy atom. The fraction of sp³-hybridized carbons (Fsp3) is 0.364. The van der Waals surface area contributed by atoms with Gasteiger partial charge in [0.2, 0.25) is 0 Å². The van der Waals surface area contributed by atoms with Crippen LogP contribution in [0.25, 0.3) is 5.57 Å². The molecule has 0 fully saturated rings. The van der Waals surface area contributed by atoms with Gasteiger partial charge in [0, 0.05) is 5.57 Å². The number of hydrogen-bond acceptors (Lipinski definition) is 2. The lowest BCUT2D eigenvalue weighted by Gasteiger charge is -2.10. The molecular formula is C22H26O3S. The van der Waals surface area contributed by atoms with Crippen molar-refractivity contribution in [2.45, 2.75) is 52.4 Å². The third kappa shape index (κ3) is 3.62. The summed E-state index contributed by atoms with van der Waals surface area (Å²) >= 11 is 0. The summed E-state index contributed by atoms with van der Waals surface area (Å²) in [5.74, 6) is 0. The standard InChI is InChI=1S/C22H26O3S/c1-3-5-10-17-14-19(16-12-8-7-9-13-16)20-15-18(11-6-4-2)22(21(17)20)26(23,24)25/h7-9,12-15H,3-6,10-11H2,1-2H3,(H,23,24,25). The molecule has 3 nitrogen and oxygen atoms in total. The van der Waals surface area contributed by atoms with Crippen molar-refractivity contribution in [3.63, 3.8) is 0 Å². The number of benzene rings is 1. The summed E-state index contributed by atoms with van der Waals surface area (Å²) in [7, 11) is -4.26. The molecule has 0 bridgehead atoms. The van der Waals surface area contributed by atoms with E-state index in [2.05, 4.69) is 19.9 Å². The molecule has 2 aliphatic rings. The molecule has 0 radical (unpaired) electrons. The van der Waals surface area contributed by atoms with Gasteiger partial charge in [0.1, 0.15) is 4.91 Å². The van der Waals surface area contributed by atoms with Crippen LogP contribution in [-0.2, 0) is 10.1 Å². The molecule has 2 aliphatic carbocycles. The largest absolute Gasteiger partial charge is 0.295 e. The highest BCUT2D eigenvalue weighted by Crippen LogP contribution is 2.49. The molecule has 0 amide bonds. The molecule has 0 saturated heterocycles. The van der Waals surface area contributed by atoms with E-state index in [1.54, 1.807) is 0 Å². The van der Waals surface area contributed by atoms with E-state index in [0.717, 1.165) is 65.5 Å². The van der Waals surface area contributed by atoms with E-state index in [-0.39, 0.29) is 4.91 Å². The van der Waals surface area contributed by atoms with Gasteiger partial charge in [0.05, 0.1) is 0 Å². The third-order valence-electron chi connectivity index (χ3n) is 4.98. The highest BCUT2D eigenvalue weighted by molar-refractivity contribution is 7.90. The lowest BCUT2D eigenvalue weighted by molar-refractivity contribution is 0.491. The van der Waals surface area contributed by atoms with Gasteiger partial charge in [-0.05, 0) is 65.7 Å². The third-order valence-corrected chi connectivity index (χ3v) is 5.96. The first kappa shape index (κ1) is 18.9. The summed E-state index contributed by atoms with van der Waals surface area (Å²) in [6.45, 7) is 4.21. The molecule has 0 aliphatic heterocycles. The van der Waals surface area contributed by atoms with Crippen molar-refractivity contribution in [1.29, 1.82) is 0 Å². The zero-order chi connectivity index (χ0) is 18.7. The van der Waals surface area contributed by atoms with Crippen molar-refractivity contribution in [3.05, 3.63) is 75.2 Å². The number of rotatable bonds is 8. The first-order chi connectivity index (χ1) is 12.5. The summed E-state index contributed by atoms with van der Waals surface area (Å²) in [6.07, 6.45) is 9.49. The van der Waals surface area contributed by atoms with Crippen molar-refractivity contribution in [2.24, 2.45) is 0 Å². The molecule has 0 heterocycles. The normalized spacial score (nSPS) is 16.9. The minimum Gasteiger partial charge on any atom is -0.282 e. The average Bonchev–Trinajstić information content (AvgIpc) is 3.15. The van der Waals surface area contributed by atoms with Gasteiger partial charge < -0.3 is 0 Å². The van der Waals surface area contributed by atoms with Crippen molar-refractivity contribution in [2.75, 3.05) is 0 Å². The Labute approximate surface area is 156 Å². The number of unbranched alkanes of at least 4 members (excludes halogenated alkanes) is 2. The Morgan fingerprint density at radius 2 is 1.42 bits per heavy atom. The van der Waals surface area contributed by atoms with Gasteiger partial charge in [-0.15, -0.1) is 0 Å². The first-order valence-electron chi connectivity index (χ1n) is 9.41. The topological polar surface area (TPSA) is 54.4 Å². The predicted molar refractivity (Wildman–Crippen MR) is 107 cm³/mol. The minimum atomic E-state index is -4.26. The highest BCUT2D eigenvalue weighted by Gasteiger charge is 2.36. The molecule has 0 atom stereocenters. The maximum atomic E-state index is 12.2. The molecule has 138 valence electrons. The number of hydrogen-bond donors (Lipinski definition) is 1. The average molecular weight is 371 g/mol. The fourth-order valence-electron chi connectivity index (χ4n) is 3.72. The minimum absolute atomic E-state index is 0.134. The summed E-state index contributed by atoms with van der Waals surface area (Å²) < 4.78 is 34.4. The van der Waals surface area contributed by atoms with Gasteiger partial charge >= 0.3 is 0 Å². The predicted octanol–water partition coefficient (Wildman–Crippen LogP) is 5.84. The lowest BCUT2D eigenvalue weighted by atomic mass is 9.98. The number of fused-ring (bicyclic) bond motifs is 1. The van der Waals surface area contributed by atoms with Gasteiger partial charge in [-0.2, -0.15) is 8.42 Å². The molecule has 1 aromatic carbocycles. The van der Waals surface area contributed by atoms with E-state index in [9.17, 15) is 13.0 Å². The van der Waals surface area contributed by atoms with E-state index in [1.807, 2.05) is 36.4 Å². The molecular weight excluding hydrogens is 344 g/mol. The van der Waals surface area contributed by atoms with Crippen LogP contribution in [0.2, 0.25) is 0 Å². The maximum absolute atomic E-state index is 12.2. The monoisotopic (exact) mass is 370 g/mol. The summed E-state index contributed by atoms with van der Waals surface area (Å²) in [5, 5.41) is 0. The molecule has 0 unspecified atom stereocenters. The molecule has 3 rings (SSSR count). The second-order valence-corrected chi connectivity index (χ2v) is 8.28. The van der Waals surface area contributed by atoms with Crippen molar-refractivity contribution < 1.29 is 13.0 Å². The van der Waals surface area contributed by atoms with Crippen LogP contribution in [0.4, 0.5) is 0 Å². The van der Waals surface area contributed by atoms with Crippen LogP contribution in [0.5, 0.6) is 0 Å². The quantitative estimate of drug-likeness (QED) is 0.585.